The van der Waals surface area contributed by atoms with Gasteiger partial charge in [-0.15, -0.1) is 0 Å². The smallest absolute Gasteiger partial charge is 0.119 e. The van der Waals surface area contributed by atoms with E-state index in [2.05, 4.69) is 5.32 Å². The molecule has 1 aromatic carbocycles. The van der Waals surface area contributed by atoms with E-state index in [0.717, 1.165) is 5.75 Å². The lowest BCUT2D eigenvalue weighted by Crippen LogP contribution is -2.36. The van der Waals surface area contributed by atoms with Crippen LogP contribution in [0.3, 0.4) is 0 Å². The van der Waals surface area contributed by atoms with Crippen LogP contribution in [0.1, 0.15) is 25.7 Å². The molecule has 3 heteroatoms. The third-order valence-corrected chi connectivity index (χ3v) is 3.18. The molecule has 0 aliphatic heterocycles. The number of ether oxygens (including phenoxy) is 1. The number of aliphatic hydroxyl groups is 1. The van der Waals surface area contributed by atoms with Crippen LogP contribution in [0, 0.1) is 0 Å². The molecule has 1 aliphatic carbocycles. The third kappa shape index (κ3) is 4.36. The van der Waals surface area contributed by atoms with Crippen LogP contribution in [0.25, 0.3) is 0 Å². The molecule has 0 amide bonds. The van der Waals surface area contributed by atoms with Gasteiger partial charge in [-0.3, -0.25) is 0 Å². The molecule has 1 saturated carbocycles. The van der Waals surface area contributed by atoms with Gasteiger partial charge in [0, 0.05) is 12.6 Å². The number of hydrogen-bond donors (Lipinski definition) is 2. The quantitative estimate of drug-likeness (QED) is 0.792. The molecular formula is C14H21NO2. The SMILES string of the molecule is OC(CNC1CCCC1)COc1ccccc1. The van der Waals surface area contributed by atoms with E-state index in [0.29, 0.717) is 19.2 Å². The van der Waals surface area contributed by atoms with Crippen molar-refractivity contribution in [3.63, 3.8) is 0 Å². The molecule has 0 spiro atoms. The lowest BCUT2D eigenvalue weighted by Gasteiger charge is -2.16. The molecule has 0 aromatic heterocycles. The van der Waals surface area contributed by atoms with E-state index >= 15 is 0 Å². The number of para-hydroxylation sites is 1. The largest absolute Gasteiger partial charge is 0.491 e. The predicted molar refractivity (Wildman–Crippen MR) is 68.2 cm³/mol. The monoisotopic (exact) mass is 235 g/mol. The molecule has 1 aromatic rings. The summed E-state index contributed by atoms with van der Waals surface area (Å²) in [6, 6.07) is 10.2. The predicted octanol–water partition coefficient (Wildman–Crippen LogP) is 1.96. The van der Waals surface area contributed by atoms with Crippen LogP contribution in [0.2, 0.25) is 0 Å². The lowest BCUT2D eigenvalue weighted by molar-refractivity contribution is 0.104. The first-order chi connectivity index (χ1) is 8.34. The van der Waals surface area contributed by atoms with Gasteiger partial charge in [-0.25, -0.2) is 0 Å². The summed E-state index contributed by atoms with van der Waals surface area (Å²) in [4.78, 5) is 0. The Hall–Kier alpha value is -1.06. The molecule has 17 heavy (non-hydrogen) atoms. The first-order valence-electron chi connectivity index (χ1n) is 6.44. The van der Waals surface area contributed by atoms with Crippen molar-refractivity contribution in [2.24, 2.45) is 0 Å². The Balaban J connectivity index is 1.62. The van der Waals surface area contributed by atoms with Gasteiger partial charge in [0.25, 0.3) is 0 Å². The molecule has 0 saturated heterocycles. The minimum atomic E-state index is -0.434. The van der Waals surface area contributed by atoms with Crippen LogP contribution in [0.5, 0.6) is 5.75 Å². The Labute approximate surface area is 103 Å². The second-order valence-electron chi connectivity index (χ2n) is 4.67. The molecule has 1 aliphatic rings. The summed E-state index contributed by atoms with van der Waals surface area (Å²) in [6.45, 7) is 0.973. The summed E-state index contributed by atoms with van der Waals surface area (Å²) < 4.78 is 5.49. The van der Waals surface area contributed by atoms with E-state index in [4.69, 9.17) is 4.74 Å². The number of benzene rings is 1. The average Bonchev–Trinajstić information content (AvgIpc) is 2.88. The summed E-state index contributed by atoms with van der Waals surface area (Å²) in [6.07, 6.45) is 4.68. The molecule has 1 unspecified atom stereocenters. The molecule has 0 heterocycles. The maximum absolute atomic E-state index is 9.78. The summed E-state index contributed by atoms with van der Waals surface area (Å²) >= 11 is 0. The molecule has 2 rings (SSSR count). The highest BCUT2D eigenvalue weighted by molar-refractivity contribution is 5.20. The van der Waals surface area contributed by atoms with Crippen LogP contribution < -0.4 is 10.1 Å². The molecule has 94 valence electrons. The lowest BCUT2D eigenvalue weighted by atomic mass is 10.2. The van der Waals surface area contributed by atoms with E-state index < -0.39 is 6.10 Å². The molecule has 0 bridgehead atoms. The van der Waals surface area contributed by atoms with Gasteiger partial charge < -0.3 is 15.2 Å². The molecule has 0 radical (unpaired) electrons. The van der Waals surface area contributed by atoms with E-state index in [-0.39, 0.29) is 0 Å². The van der Waals surface area contributed by atoms with Crippen molar-refractivity contribution in [3.8, 4) is 5.75 Å². The highest BCUT2D eigenvalue weighted by Crippen LogP contribution is 2.17. The standard InChI is InChI=1S/C14H21NO2/c16-13(10-15-12-6-4-5-7-12)11-17-14-8-2-1-3-9-14/h1-3,8-9,12-13,15-16H,4-7,10-11H2. The number of hydrogen-bond acceptors (Lipinski definition) is 3. The van der Waals surface area contributed by atoms with Crippen molar-refractivity contribution in [2.75, 3.05) is 13.2 Å². The first-order valence-corrected chi connectivity index (χ1v) is 6.44. The summed E-state index contributed by atoms with van der Waals surface area (Å²) in [5, 5.41) is 13.2. The molecule has 1 atom stereocenters. The third-order valence-electron chi connectivity index (χ3n) is 3.18. The van der Waals surface area contributed by atoms with Crippen molar-refractivity contribution in [1.82, 2.24) is 5.32 Å². The van der Waals surface area contributed by atoms with E-state index in [1.165, 1.54) is 25.7 Å². The Morgan fingerprint density at radius 3 is 2.65 bits per heavy atom. The van der Waals surface area contributed by atoms with Crippen molar-refractivity contribution < 1.29 is 9.84 Å². The normalized spacial score (nSPS) is 18.2. The van der Waals surface area contributed by atoms with E-state index in [1.807, 2.05) is 30.3 Å². The van der Waals surface area contributed by atoms with Gasteiger partial charge in [0.05, 0.1) is 0 Å². The number of aliphatic hydroxyl groups excluding tert-OH is 1. The van der Waals surface area contributed by atoms with Crippen molar-refractivity contribution in [1.29, 1.82) is 0 Å². The highest BCUT2D eigenvalue weighted by Gasteiger charge is 2.15. The van der Waals surface area contributed by atoms with Gasteiger partial charge in [-0.1, -0.05) is 31.0 Å². The summed E-state index contributed by atoms with van der Waals surface area (Å²) in [5.41, 5.74) is 0. The maximum atomic E-state index is 9.78. The number of rotatable bonds is 6. The Morgan fingerprint density at radius 1 is 1.24 bits per heavy atom. The molecule has 1 fully saturated rings. The van der Waals surface area contributed by atoms with Crippen molar-refractivity contribution in [3.05, 3.63) is 30.3 Å². The van der Waals surface area contributed by atoms with Gasteiger partial charge in [-0.05, 0) is 25.0 Å². The van der Waals surface area contributed by atoms with Gasteiger partial charge in [-0.2, -0.15) is 0 Å². The van der Waals surface area contributed by atoms with Crippen LogP contribution in [-0.4, -0.2) is 30.4 Å². The maximum Gasteiger partial charge on any atom is 0.119 e. The zero-order valence-electron chi connectivity index (χ0n) is 10.1. The first kappa shape index (κ1) is 12.4. The topological polar surface area (TPSA) is 41.5 Å². The highest BCUT2D eigenvalue weighted by atomic mass is 16.5. The minimum Gasteiger partial charge on any atom is -0.491 e. The van der Waals surface area contributed by atoms with Crippen molar-refractivity contribution >= 4 is 0 Å². The summed E-state index contributed by atoms with van der Waals surface area (Å²) in [7, 11) is 0. The fourth-order valence-corrected chi connectivity index (χ4v) is 2.20. The molecular weight excluding hydrogens is 214 g/mol. The molecule has 3 nitrogen and oxygen atoms in total. The summed E-state index contributed by atoms with van der Waals surface area (Å²) in [5.74, 6) is 0.812. The number of nitrogens with one attached hydrogen (secondary N) is 1. The Kier molecular flexibility index (Phi) is 4.83. The zero-order valence-corrected chi connectivity index (χ0v) is 10.1. The van der Waals surface area contributed by atoms with Crippen LogP contribution in [-0.2, 0) is 0 Å². The van der Waals surface area contributed by atoms with Gasteiger partial charge in [0.2, 0.25) is 0 Å². The van der Waals surface area contributed by atoms with Crippen LogP contribution in [0.4, 0.5) is 0 Å². The van der Waals surface area contributed by atoms with Gasteiger partial charge >= 0.3 is 0 Å². The zero-order chi connectivity index (χ0) is 11.9. The van der Waals surface area contributed by atoms with Crippen LogP contribution in [0.15, 0.2) is 30.3 Å². The van der Waals surface area contributed by atoms with Gasteiger partial charge in [0.15, 0.2) is 0 Å². The second-order valence-corrected chi connectivity index (χ2v) is 4.67. The van der Waals surface area contributed by atoms with Crippen molar-refractivity contribution in [2.45, 2.75) is 37.8 Å². The average molecular weight is 235 g/mol. The molecule has 2 N–H and O–H groups in total. The fourth-order valence-electron chi connectivity index (χ4n) is 2.20. The van der Waals surface area contributed by atoms with Crippen LogP contribution >= 0.6 is 0 Å². The Bertz CT molecular complexity index is 309. The second kappa shape index (κ2) is 6.62. The fraction of sp³-hybridized carbons (Fsp3) is 0.571. The van der Waals surface area contributed by atoms with Gasteiger partial charge in [0.1, 0.15) is 18.5 Å². The van der Waals surface area contributed by atoms with E-state index in [1.54, 1.807) is 0 Å². The Morgan fingerprint density at radius 2 is 1.94 bits per heavy atom. The van der Waals surface area contributed by atoms with E-state index in [9.17, 15) is 5.11 Å². The minimum absolute atomic E-state index is 0.351.